The number of hydrogen-bond donors (Lipinski definition) is 0. The summed E-state index contributed by atoms with van der Waals surface area (Å²) >= 11 is 3.33. The molecule has 3 heterocycles. The van der Waals surface area contributed by atoms with Gasteiger partial charge in [0.1, 0.15) is 18.1 Å². The first-order chi connectivity index (χ1) is 12.7. The van der Waals surface area contributed by atoms with E-state index in [-0.39, 0.29) is 11.9 Å². The Morgan fingerprint density at radius 2 is 2.04 bits per heavy atom. The van der Waals surface area contributed by atoms with E-state index in [1.165, 1.54) is 0 Å². The van der Waals surface area contributed by atoms with Gasteiger partial charge in [-0.05, 0) is 34.1 Å². The third-order valence-corrected chi connectivity index (χ3v) is 4.60. The first-order valence-corrected chi connectivity index (χ1v) is 8.97. The molecule has 0 saturated carbocycles. The molecule has 0 atom stereocenters. The molecule has 1 aliphatic rings. The van der Waals surface area contributed by atoms with Crippen LogP contribution in [0, 0.1) is 0 Å². The fraction of sp³-hybridized carbons (Fsp3) is 0.222. The zero-order valence-electron chi connectivity index (χ0n) is 13.8. The molecule has 1 fully saturated rings. The Labute approximate surface area is 158 Å². The summed E-state index contributed by atoms with van der Waals surface area (Å²) in [6.07, 6.45) is 5.11. The van der Waals surface area contributed by atoms with Crippen molar-refractivity contribution in [2.24, 2.45) is 0 Å². The Kier molecular flexibility index (Phi) is 4.66. The van der Waals surface area contributed by atoms with Gasteiger partial charge in [-0.15, -0.1) is 5.10 Å². The summed E-state index contributed by atoms with van der Waals surface area (Å²) in [6.45, 7) is 1.57. The van der Waals surface area contributed by atoms with E-state index in [9.17, 15) is 4.79 Å². The van der Waals surface area contributed by atoms with Gasteiger partial charge in [-0.1, -0.05) is 23.4 Å². The molecule has 0 spiro atoms. The van der Waals surface area contributed by atoms with Crippen molar-refractivity contribution in [3.63, 3.8) is 0 Å². The molecule has 8 heteroatoms. The van der Waals surface area contributed by atoms with Gasteiger partial charge in [0.2, 0.25) is 0 Å². The quantitative estimate of drug-likeness (QED) is 0.642. The fourth-order valence-electron chi connectivity index (χ4n) is 2.73. The van der Waals surface area contributed by atoms with E-state index >= 15 is 0 Å². The van der Waals surface area contributed by atoms with Gasteiger partial charge in [-0.3, -0.25) is 9.78 Å². The van der Waals surface area contributed by atoms with Gasteiger partial charge in [0, 0.05) is 30.0 Å². The number of para-hydroxylation sites is 1. The normalized spacial score (nSPS) is 14.1. The number of amides is 1. The molecule has 26 heavy (non-hydrogen) atoms. The van der Waals surface area contributed by atoms with Crippen LogP contribution in [-0.4, -0.2) is 43.9 Å². The number of nitrogens with zero attached hydrogens (tertiary/aromatic N) is 5. The summed E-state index contributed by atoms with van der Waals surface area (Å²) in [5, 5.41) is 8.30. The molecule has 0 bridgehead atoms. The number of carbonyl (C=O) groups is 1. The van der Waals surface area contributed by atoms with Crippen LogP contribution in [0.1, 0.15) is 22.1 Å². The molecule has 4 rings (SSSR count). The molecule has 7 nitrogen and oxygen atoms in total. The van der Waals surface area contributed by atoms with Gasteiger partial charge in [0.15, 0.2) is 0 Å². The van der Waals surface area contributed by atoms with E-state index in [1.807, 2.05) is 36.5 Å². The summed E-state index contributed by atoms with van der Waals surface area (Å²) < 4.78 is 8.26. The predicted molar refractivity (Wildman–Crippen MR) is 97.7 cm³/mol. The van der Waals surface area contributed by atoms with E-state index in [1.54, 1.807) is 28.0 Å². The van der Waals surface area contributed by atoms with Gasteiger partial charge < -0.3 is 9.64 Å². The highest BCUT2D eigenvalue weighted by Crippen LogP contribution is 2.23. The van der Waals surface area contributed by atoms with Crippen LogP contribution in [0.15, 0.2) is 59.5 Å². The van der Waals surface area contributed by atoms with Crippen molar-refractivity contribution in [2.45, 2.75) is 12.6 Å². The largest absolute Gasteiger partial charge is 0.487 e. The lowest BCUT2D eigenvalue weighted by atomic mass is 10.1. The molecule has 0 radical (unpaired) electrons. The standard InChI is InChI=1S/C18H16BrN5O2/c19-14-6-13(7-20-8-14)18(25)23-10-16(11-23)24-9-15(21-22-24)12-26-17-4-2-1-3-5-17/h1-9,16H,10-12H2. The summed E-state index contributed by atoms with van der Waals surface area (Å²) in [5.74, 6) is 0.771. The number of pyridine rings is 1. The highest BCUT2D eigenvalue weighted by molar-refractivity contribution is 9.10. The lowest BCUT2D eigenvalue weighted by molar-refractivity contribution is 0.0498. The number of rotatable bonds is 5. The predicted octanol–water partition coefficient (Wildman–Crippen LogP) is 2.71. The second-order valence-electron chi connectivity index (χ2n) is 6.05. The van der Waals surface area contributed by atoms with Crippen LogP contribution in [0.3, 0.4) is 0 Å². The molecule has 1 amide bonds. The van der Waals surface area contributed by atoms with Crippen molar-refractivity contribution in [1.82, 2.24) is 24.9 Å². The van der Waals surface area contributed by atoms with Crippen LogP contribution in [0.4, 0.5) is 0 Å². The lowest BCUT2D eigenvalue weighted by Gasteiger charge is -2.38. The smallest absolute Gasteiger partial charge is 0.255 e. The number of hydrogen-bond acceptors (Lipinski definition) is 5. The van der Waals surface area contributed by atoms with Crippen LogP contribution in [0.2, 0.25) is 0 Å². The van der Waals surface area contributed by atoms with Gasteiger partial charge in [-0.2, -0.15) is 0 Å². The van der Waals surface area contributed by atoms with E-state index in [0.29, 0.717) is 25.3 Å². The zero-order valence-corrected chi connectivity index (χ0v) is 15.4. The van der Waals surface area contributed by atoms with Crippen LogP contribution < -0.4 is 4.74 Å². The number of carbonyl (C=O) groups excluding carboxylic acids is 1. The van der Waals surface area contributed by atoms with Gasteiger partial charge in [-0.25, -0.2) is 4.68 Å². The molecule has 1 aliphatic heterocycles. The number of ether oxygens (including phenoxy) is 1. The maximum absolute atomic E-state index is 12.4. The Morgan fingerprint density at radius 1 is 1.23 bits per heavy atom. The molecular weight excluding hydrogens is 398 g/mol. The molecular formula is C18H16BrN5O2. The monoisotopic (exact) mass is 413 g/mol. The number of aromatic nitrogens is 4. The highest BCUT2D eigenvalue weighted by atomic mass is 79.9. The number of likely N-dealkylation sites (tertiary alicyclic amines) is 1. The summed E-state index contributed by atoms with van der Waals surface area (Å²) in [6, 6.07) is 11.5. The average molecular weight is 414 g/mol. The highest BCUT2D eigenvalue weighted by Gasteiger charge is 2.33. The zero-order chi connectivity index (χ0) is 17.9. The molecule has 3 aromatic rings. The molecule has 0 unspecified atom stereocenters. The maximum atomic E-state index is 12.4. The Morgan fingerprint density at radius 3 is 2.81 bits per heavy atom. The Hall–Kier alpha value is -2.74. The third kappa shape index (κ3) is 3.60. The van der Waals surface area contributed by atoms with Crippen molar-refractivity contribution >= 4 is 21.8 Å². The van der Waals surface area contributed by atoms with Crippen molar-refractivity contribution in [3.05, 3.63) is 70.7 Å². The molecule has 1 aromatic carbocycles. The summed E-state index contributed by atoms with van der Waals surface area (Å²) in [7, 11) is 0. The van der Waals surface area contributed by atoms with E-state index in [2.05, 4.69) is 31.2 Å². The van der Waals surface area contributed by atoms with Crippen molar-refractivity contribution in [2.75, 3.05) is 13.1 Å². The SMILES string of the molecule is O=C(c1cncc(Br)c1)N1CC(n2cc(COc3ccccc3)nn2)C1. The van der Waals surface area contributed by atoms with Crippen molar-refractivity contribution in [1.29, 1.82) is 0 Å². The van der Waals surface area contributed by atoms with E-state index < -0.39 is 0 Å². The molecule has 132 valence electrons. The number of halogens is 1. The molecule has 2 aromatic heterocycles. The van der Waals surface area contributed by atoms with E-state index in [0.717, 1.165) is 15.9 Å². The third-order valence-electron chi connectivity index (χ3n) is 4.16. The van der Waals surface area contributed by atoms with Crippen molar-refractivity contribution < 1.29 is 9.53 Å². The van der Waals surface area contributed by atoms with Gasteiger partial charge >= 0.3 is 0 Å². The average Bonchev–Trinajstić information content (AvgIpc) is 3.08. The topological polar surface area (TPSA) is 73.1 Å². The minimum Gasteiger partial charge on any atom is -0.487 e. The number of benzene rings is 1. The minimum absolute atomic E-state index is 0.0252. The second-order valence-corrected chi connectivity index (χ2v) is 6.96. The van der Waals surface area contributed by atoms with Crippen LogP contribution in [0.5, 0.6) is 5.75 Å². The second kappa shape index (κ2) is 7.25. The Bertz CT molecular complexity index is 909. The minimum atomic E-state index is -0.0252. The molecule has 0 N–H and O–H groups in total. The maximum Gasteiger partial charge on any atom is 0.255 e. The Balaban J connectivity index is 1.32. The van der Waals surface area contributed by atoms with E-state index in [4.69, 9.17) is 4.74 Å². The summed E-state index contributed by atoms with van der Waals surface area (Å²) in [4.78, 5) is 18.2. The fourth-order valence-corrected chi connectivity index (χ4v) is 3.10. The van der Waals surface area contributed by atoms with Crippen LogP contribution in [-0.2, 0) is 6.61 Å². The lowest BCUT2D eigenvalue weighted by Crippen LogP contribution is -2.50. The summed E-state index contributed by atoms with van der Waals surface area (Å²) in [5.41, 5.74) is 1.34. The first-order valence-electron chi connectivity index (χ1n) is 8.17. The molecule has 1 saturated heterocycles. The van der Waals surface area contributed by atoms with Gasteiger partial charge in [0.25, 0.3) is 5.91 Å². The first kappa shape index (κ1) is 16.7. The van der Waals surface area contributed by atoms with Crippen molar-refractivity contribution in [3.8, 4) is 5.75 Å². The molecule has 0 aliphatic carbocycles. The van der Waals surface area contributed by atoms with Crippen LogP contribution in [0.25, 0.3) is 0 Å². The van der Waals surface area contributed by atoms with Gasteiger partial charge in [0.05, 0.1) is 17.8 Å². The van der Waals surface area contributed by atoms with Crippen LogP contribution >= 0.6 is 15.9 Å².